The molecule has 0 aliphatic carbocycles. The average molecular weight is 277 g/mol. The zero-order valence-corrected chi connectivity index (χ0v) is 11.1. The maximum atomic E-state index is 12.1. The molecule has 0 radical (unpaired) electrons. The molecule has 1 amide bonds. The fourth-order valence-electron chi connectivity index (χ4n) is 1.60. The number of carbonyl (C=O) groups excluding carboxylic acids is 1. The Morgan fingerprint density at radius 2 is 1.89 bits per heavy atom. The molecule has 0 bridgehead atoms. The van der Waals surface area contributed by atoms with Crippen LogP contribution in [0.3, 0.4) is 0 Å². The third-order valence-electron chi connectivity index (χ3n) is 2.64. The Labute approximate surface area is 116 Å². The van der Waals surface area contributed by atoms with Crippen LogP contribution in [0.5, 0.6) is 5.75 Å². The maximum absolute atomic E-state index is 12.1. The van der Waals surface area contributed by atoms with Gasteiger partial charge < -0.3 is 15.8 Å². The van der Waals surface area contributed by atoms with Gasteiger partial charge in [0.05, 0.1) is 23.5 Å². The number of halogens is 1. The summed E-state index contributed by atoms with van der Waals surface area (Å²) in [6.07, 6.45) is 0. The highest BCUT2D eigenvalue weighted by Crippen LogP contribution is 2.28. The highest BCUT2D eigenvalue weighted by Gasteiger charge is 2.10. The van der Waals surface area contributed by atoms with Crippen molar-refractivity contribution in [3.63, 3.8) is 0 Å². The minimum Gasteiger partial charge on any atom is -0.497 e. The Hall–Kier alpha value is -2.20. The van der Waals surface area contributed by atoms with Crippen LogP contribution in [0.2, 0.25) is 5.02 Å². The number of nitrogen functional groups attached to an aromatic ring is 1. The molecule has 2 rings (SSSR count). The van der Waals surface area contributed by atoms with Gasteiger partial charge in [-0.05, 0) is 36.4 Å². The van der Waals surface area contributed by atoms with Crippen molar-refractivity contribution >= 4 is 28.9 Å². The lowest BCUT2D eigenvalue weighted by Gasteiger charge is -2.10. The Morgan fingerprint density at radius 1 is 1.21 bits per heavy atom. The molecule has 0 saturated carbocycles. The van der Waals surface area contributed by atoms with Crippen LogP contribution < -0.4 is 15.8 Å². The minimum atomic E-state index is -0.276. The first kappa shape index (κ1) is 13.2. The van der Waals surface area contributed by atoms with Gasteiger partial charge in [-0.15, -0.1) is 0 Å². The fourth-order valence-corrected chi connectivity index (χ4v) is 1.83. The van der Waals surface area contributed by atoms with Crippen molar-refractivity contribution in [2.24, 2.45) is 0 Å². The predicted molar refractivity (Wildman–Crippen MR) is 76.8 cm³/mol. The van der Waals surface area contributed by atoms with E-state index in [-0.39, 0.29) is 5.91 Å². The Balaban J connectivity index is 2.20. The van der Waals surface area contributed by atoms with Crippen molar-refractivity contribution < 1.29 is 9.53 Å². The number of nitrogens with one attached hydrogen (secondary N) is 1. The average Bonchev–Trinajstić information content (AvgIpc) is 2.43. The highest BCUT2D eigenvalue weighted by atomic mass is 35.5. The molecule has 0 unspecified atom stereocenters. The van der Waals surface area contributed by atoms with Crippen molar-refractivity contribution in [2.75, 3.05) is 18.2 Å². The monoisotopic (exact) mass is 276 g/mol. The van der Waals surface area contributed by atoms with Gasteiger partial charge in [0.2, 0.25) is 0 Å². The zero-order valence-electron chi connectivity index (χ0n) is 10.3. The third kappa shape index (κ3) is 2.98. The smallest absolute Gasteiger partial charge is 0.255 e. The number of ether oxygens (including phenoxy) is 1. The van der Waals surface area contributed by atoms with Crippen LogP contribution in [0.1, 0.15) is 10.4 Å². The molecule has 0 fully saturated rings. The molecular weight excluding hydrogens is 264 g/mol. The molecule has 3 N–H and O–H groups in total. The summed E-state index contributed by atoms with van der Waals surface area (Å²) < 4.78 is 5.03. The number of anilines is 2. The summed E-state index contributed by atoms with van der Waals surface area (Å²) in [5.74, 6) is 0.413. The van der Waals surface area contributed by atoms with E-state index in [1.807, 2.05) is 0 Å². The van der Waals surface area contributed by atoms with Gasteiger partial charge in [0, 0.05) is 5.56 Å². The quantitative estimate of drug-likeness (QED) is 0.846. The molecule has 0 atom stereocenters. The first-order valence-corrected chi connectivity index (χ1v) is 5.99. The SMILES string of the molecule is COc1ccc(C(=O)Nc2c(N)cccc2Cl)cc1. The molecule has 0 heterocycles. The van der Waals surface area contributed by atoms with Crippen molar-refractivity contribution in [1.29, 1.82) is 0 Å². The van der Waals surface area contributed by atoms with Gasteiger partial charge in [0.1, 0.15) is 5.75 Å². The van der Waals surface area contributed by atoms with Crippen LogP contribution in [-0.4, -0.2) is 13.0 Å². The van der Waals surface area contributed by atoms with Gasteiger partial charge >= 0.3 is 0 Å². The largest absolute Gasteiger partial charge is 0.497 e. The number of hydrogen-bond donors (Lipinski definition) is 2. The second-order valence-corrected chi connectivity index (χ2v) is 4.29. The molecule has 0 aromatic heterocycles. The molecule has 98 valence electrons. The topological polar surface area (TPSA) is 64.3 Å². The first-order chi connectivity index (χ1) is 9.11. The van der Waals surface area contributed by atoms with Crippen LogP contribution in [-0.2, 0) is 0 Å². The maximum Gasteiger partial charge on any atom is 0.255 e. The van der Waals surface area contributed by atoms with Gasteiger partial charge in [-0.2, -0.15) is 0 Å². The van der Waals surface area contributed by atoms with Crippen LogP contribution >= 0.6 is 11.6 Å². The van der Waals surface area contributed by atoms with E-state index in [0.29, 0.717) is 27.7 Å². The summed E-state index contributed by atoms with van der Waals surface area (Å²) in [6, 6.07) is 11.8. The summed E-state index contributed by atoms with van der Waals surface area (Å²) in [7, 11) is 1.57. The second kappa shape index (κ2) is 5.63. The summed E-state index contributed by atoms with van der Waals surface area (Å²) in [5.41, 5.74) is 7.12. The van der Waals surface area contributed by atoms with Crippen molar-refractivity contribution in [3.8, 4) is 5.75 Å². The normalized spacial score (nSPS) is 10.0. The van der Waals surface area contributed by atoms with Gasteiger partial charge in [-0.1, -0.05) is 17.7 Å². The van der Waals surface area contributed by atoms with Crippen LogP contribution in [0.4, 0.5) is 11.4 Å². The molecule has 4 nitrogen and oxygen atoms in total. The number of hydrogen-bond acceptors (Lipinski definition) is 3. The number of amides is 1. The number of para-hydroxylation sites is 1. The number of rotatable bonds is 3. The van der Waals surface area contributed by atoms with E-state index >= 15 is 0 Å². The molecule has 0 saturated heterocycles. The standard InChI is InChI=1S/C14H13ClN2O2/c1-19-10-7-5-9(6-8-10)14(18)17-13-11(15)3-2-4-12(13)16/h2-8H,16H2,1H3,(H,17,18). The van der Waals surface area contributed by atoms with Crippen LogP contribution in [0.15, 0.2) is 42.5 Å². The minimum absolute atomic E-state index is 0.276. The van der Waals surface area contributed by atoms with E-state index in [1.165, 1.54) is 0 Å². The highest BCUT2D eigenvalue weighted by molar-refractivity contribution is 6.34. The van der Waals surface area contributed by atoms with Crippen molar-refractivity contribution in [1.82, 2.24) is 0 Å². The van der Waals surface area contributed by atoms with Crippen molar-refractivity contribution in [3.05, 3.63) is 53.1 Å². The predicted octanol–water partition coefficient (Wildman–Crippen LogP) is 3.18. The molecule has 2 aromatic carbocycles. The first-order valence-electron chi connectivity index (χ1n) is 5.61. The summed E-state index contributed by atoms with van der Waals surface area (Å²) >= 11 is 5.99. The van der Waals surface area contributed by atoms with Gasteiger partial charge in [0.25, 0.3) is 5.91 Å². The van der Waals surface area contributed by atoms with E-state index in [0.717, 1.165) is 0 Å². The summed E-state index contributed by atoms with van der Waals surface area (Å²) in [5, 5.41) is 3.10. The fraction of sp³-hybridized carbons (Fsp3) is 0.0714. The van der Waals surface area contributed by atoms with E-state index in [2.05, 4.69) is 5.32 Å². The van der Waals surface area contributed by atoms with Crippen LogP contribution in [0.25, 0.3) is 0 Å². The Kier molecular flexibility index (Phi) is 3.92. The summed E-state index contributed by atoms with van der Waals surface area (Å²) in [6.45, 7) is 0. The molecule has 5 heteroatoms. The summed E-state index contributed by atoms with van der Waals surface area (Å²) in [4.78, 5) is 12.1. The van der Waals surface area contributed by atoms with Crippen LogP contribution in [0, 0.1) is 0 Å². The third-order valence-corrected chi connectivity index (χ3v) is 2.95. The molecule has 0 spiro atoms. The van der Waals surface area contributed by atoms with E-state index in [4.69, 9.17) is 22.1 Å². The van der Waals surface area contributed by atoms with E-state index in [9.17, 15) is 4.79 Å². The molecule has 0 aliphatic rings. The molecule has 0 aliphatic heterocycles. The molecular formula is C14H13ClN2O2. The number of carbonyl (C=O) groups is 1. The Morgan fingerprint density at radius 3 is 2.47 bits per heavy atom. The molecule has 2 aromatic rings. The van der Waals surface area contributed by atoms with Crippen molar-refractivity contribution in [2.45, 2.75) is 0 Å². The van der Waals surface area contributed by atoms with E-state index in [1.54, 1.807) is 49.6 Å². The lowest BCUT2D eigenvalue weighted by molar-refractivity contribution is 0.102. The number of nitrogens with two attached hydrogens (primary N) is 1. The van der Waals surface area contributed by atoms with Gasteiger partial charge in [-0.3, -0.25) is 4.79 Å². The molecule has 19 heavy (non-hydrogen) atoms. The Bertz CT molecular complexity index is 577. The van der Waals surface area contributed by atoms with Gasteiger partial charge in [0.15, 0.2) is 0 Å². The lowest BCUT2D eigenvalue weighted by atomic mass is 10.2. The van der Waals surface area contributed by atoms with Gasteiger partial charge in [-0.25, -0.2) is 0 Å². The zero-order chi connectivity index (χ0) is 13.8. The second-order valence-electron chi connectivity index (χ2n) is 3.89. The number of benzene rings is 2. The van der Waals surface area contributed by atoms with E-state index < -0.39 is 0 Å². The lowest BCUT2D eigenvalue weighted by Crippen LogP contribution is -2.13. The number of methoxy groups -OCH3 is 1.